The van der Waals surface area contributed by atoms with Crippen LogP contribution >= 0.6 is 0 Å². The summed E-state index contributed by atoms with van der Waals surface area (Å²) in [7, 11) is 1.69. The number of aliphatic hydroxyl groups is 2. The third-order valence-corrected chi connectivity index (χ3v) is 4.16. The van der Waals surface area contributed by atoms with Crippen molar-refractivity contribution in [3.8, 4) is 0 Å². The molecule has 4 nitrogen and oxygen atoms in total. The molecule has 0 heterocycles. The highest BCUT2D eigenvalue weighted by Gasteiger charge is 2.38. The lowest BCUT2D eigenvalue weighted by atomic mass is 9.69. The molecule has 0 bridgehead atoms. The zero-order valence-electron chi connectivity index (χ0n) is 12.1. The quantitative estimate of drug-likeness (QED) is 0.719. The van der Waals surface area contributed by atoms with E-state index in [0.29, 0.717) is 19.1 Å². The summed E-state index contributed by atoms with van der Waals surface area (Å²) in [6.07, 6.45) is 3.13. The highest BCUT2D eigenvalue weighted by Crippen LogP contribution is 2.39. The second-order valence-electron chi connectivity index (χ2n) is 6.10. The van der Waals surface area contributed by atoms with E-state index in [2.05, 4.69) is 18.7 Å². The molecule has 2 unspecified atom stereocenters. The average molecular weight is 259 g/mol. The number of hydrogen-bond acceptors (Lipinski definition) is 4. The van der Waals surface area contributed by atoms with Crippen LogP contribution < -0.4 is 0 Å². The minimum Gasteiger partial charge on any atom is -0.395 e. The van der Waals surface area contributed by atoms with E-state index in [4.69, 9.17) is 9.84 Å². The normalized spacial score (nSPS) is 27.7. The molecule has 1 aliphatic rings. The predicted octanol–water partition coefficient (Wildman–Crippen LogP) is 1.11. The minimum atomic E-state index is -0.241. The summed E-state index contributed by atoms with van der Waals surface area (Å²) in [6.45, 7) is 7.47. The maximum Gasteiger partial charge on any atom is 0.0631 e. The smallest absolute Gasteiger partial charge is 0.0631 e. The van der Waals surface area contributed by atoms with Crippen LogP contribution in [0.15, 0.2) is 0 Å². The maximum absolute atomic E-state index is 10.4. The van der Waals surface area contributed by atoms with Crippen molar-refractivity contribution in [2.45, 2.75) is 39.2 Å². The van der Waals surface area contributed by atoms with Crippen LogP contribution in [0.1, 0.15) is 33.1 Å². The maximum atomic E-state index is 10.4. The first kappa shape index (κ1) is 15.9. The Balaban J connectivity index is 2.51. The van der Waals surface area contributed by atoms with Gasteiger partial charge in [-0.15, -0.1) is 0 Å². The number of rotatable bonds is 7. The van der Waals surface area contributed by atoms with Crippen LogP contribution in [0.5, 0.6) is 0 Å². The van der Waals surface area contributed by atoms with Crippen LogP contribution in [0.25, 0.3) is 0 Å². The van der Waals surface area contributed by atoms with Gasteiger partial charge in [-0.05, 0) is 24.2 Å². The third-order valence-electron chi connectivity index (χ3n) is 4.16. The molecule has 1 rings (SSSR count). The molecule has 0 aromatic rings. The van der Waals surface area contributed by atoms with E-state index in [1.165, 1.54) is 6.42 Å². The van der Waals surface area contributed by atoms with Crippen LogP contribution in [0, 0.1) is 11.3 Å². The van der Waals surface area contributed by atoms with Crippen molar-refractivity contribution in [3.05, 3.63) is 0 Å². The fourth-order valence-corrected chi connectivity index (χ4v) is 2.94. The number of methoxy groups -OCH3 is 1. The number of nitrogens with zero attached hydrogens (tertiary/aromatic N) is 1. The molecule has 0 aromatic heterocycles. The Morgan fingerprint density at radius 3 is 2.67 bits per heavy atom. The Bertz CT molecular complexity index is 233. The first-order valence-electron chi connectivity index (χ1n) is 7.01. The van der Waals surface area contributed by atoms with Crippen molar-refractivity contribution in [2.24, 2.45) is 11.3 Å². The standard InChI is InChI=1S/C14H29NO3/c1-14(2)6-4-5-12(13(14)17)11-15(7-9-16)8-10-18-3/h12-13,16-17H,4-11H2,1-3H3. The van der Waals surface area contributed by atoms with E-state index in [-0.39, 0.29) is 18.1 Å². The highest BCUT2D eigenvalue weighted by atomic mass is 16.5. The fourth-order valence-electron chi connectivity index (χ4n) is 2.94. The van der Waals surface area contributed by atoms with Crippen LogP contribution in [0.3, 0.4) is 0 Å². The van der Waals surface area contributed by atoms with Crippen molar-refractivity contribution in [3.63, 3.8) is 0 Å². The number of aliphatic hydroxyl groups excluding tert-OH is 2. The van der Waals surface area contributed by atoms with Gasteiger partial charge in [-0.1, -0.05) is 20.3 Å². The van der Waals surface area contributed by atoms with E-state index in [1.54, 1.807) is 7.11 Å². The van der Waals surface area contributed by atoms with Crippen molar-refractivity contribution in [1.82, 2.24) is 4.90 Å². The molecule has 1 saturated carbocycles. The summed E-state index contributed by atoms with van der Waals surface area (Å²) >= 11 is 0. The minimum absolute atomic E-state index is 0.0229. The highest BCUT2D eigenvalue weighted by molar-refractivity contribution is 4.89. The molecule has 108 valence electrons. The van der Waals surface area contributed by atoms with Crippen LogP contribution in [-0.4, -0.2) is 61.2 Å². The second kappa shape index (κ2) is 7.43. The Labute approximate surface area is 111 Å². The van der Waals surface area contributed by atoms with Gasteiger partial charge in [0.15, 0.2) is 0 Å². The predicted molar refractivity (Wildman–Crippen MR) is 72.5 cm³/mol. The molecule has 0 saturated heterocycles. The largest absolute Gasteiger partial charge is 0.395 e. The topological polar surface area (TPSA) is 52.9 Å². The monoisotopic (exact) mass is 259 g/mol. The molecule has 0 amide bonds. The first-order valence-corrected chi connectivity index (χ1v) is 7.01. The molecular weight excluding hydrogens is 230 g/mol. The Hall–Kier alpha value is -0.160. The van der Waals surface area contributed by atoms with Gasteiger partial charge in [0.05, 0.1) is 19.3 Å². The van der Waals surface area contributed by atoms with Gasteiger partial charge in [0.2, 0.25) is 0 Å². The Kier molecular flexibility index (Phi) is 6.57. The van der Waals surface area contributed by atoms with Crippen LogP contribution in [-0.2, 0) is 4.74 Å². The number of hydrogen-bond donors (Lipinski definition) is 2. The van der Waals surface area contributed by atoms with Crippen molar-refractivity contribution < 1.29 is 14.9 Å². The fraction of sp³-hybridized carbons (Fsp3) is 1.00. The zero-order chi connectivity index (χ0) is 13.6. The summed E-state index contributed by atoms with van der Waals surface area (Å²) in [5.74, 6) is 0.317. The Morgan fingerprint density at radius 1 is 1.33 bits per heavy atom. The Morgan fingerprint density at radius 2 is 2.06 bits per heavy atom. The molecule has 0 aromatic carbocycles. The van der Waals surface area contributed by atoms with Crippen molar-refractivity contribution in [2.75, 3.05) is 40.0 Å². The van der Waals surface area contributed by atoms with E-state index >= 15 is 0 Å². The summed E-state index contributed by atoms with van der Waals surface area (Å²) in [5.41, 5.74) is 0.0229. The molecule has 0 aliphatic heterocycles. The van der Waals surface area contributed by atoms with E-state index in [9.17, 15) is 5.11 Å². The van der Waals surface area contributed by atoms with Gasteiger partial charge in [0.1, 0.15) is 0 Å². The lowest BCUT2D eigenvalue weighted by Gasteiger charge is -2.42. The molecule has 0 spiro atoms. The molecule has 1 aliphatic carbocycles. The van der Waals surface area contributed by atoms with Gasteiger partial charge in [0.25, 0.3) is 0 Å². The van der Waals surface area contributed by atoms with Gasteiger partial charge in [0, 0.05) is 26.7 Å². The lowest BCUT2D eigenvalue weighted by molar-refractivity contribution is -0.0454. The molecule has 4 heteroatoms. The van der Waals surface area contributed by atoms with Crippen molar-refractivity contribution >= 4 is 0 Å². The van der Waals surface area contributed by atoms with Gasteiger partial charge in [-0.3, -0.25) is 4.90 Å². The lowest BCUT2D eigenvalue weighted by Crippen LogP contribution is -2.46. The summed E-state index contributed by atoms with van der Waals surface area (Å²) in [4.78, 5) is 2.19. The van der Waals surface area contributed by atoms with Gasteiger partial charge in [-0.25, -0.2) is 0 Å². The van der Waals surface area contributed by atoms with Crippen molar-refractivity contribution in [1.29, 1.82) is 0 Å². The molecule has 2 atom stereocenters. The molecule has 2 N–H and O–H groups in total. The van der Waals surface area contributed by atoms with Gasteiger partial charge >= 0.3 is 0 Å². The third kappa shape index (κ3) is 4.50. The molecular formula is C14H29NO3. The van der Waals surface area contributed by atoms with Crippen LogP contribution in [0.4, 0.5) is 0 Å². The van der Waals surface area contributed by atoms with E-state index < -0.39 is 0 Å². The summed E-state index contributed by atoms with van der Waals surface area (Å²) in [5, 5.41) is 19.5. The number of ether oxygens (including phenoxy) is 1. The second-order valence-corrected chi connectivity index (χ2v) is 6.10. The van der Waals surface area contributed by atoms with E-state index in [0.717, 1.165) is 25.9 Å². The first-order chi connectivity index (χ1) is 8.51. The molecule has 1 fully saturated rings. The average Bonchev–Trinajstić information content (AvgIpc) is 2.32. The summed E-state index contributed by atoms with van der Waals surface area (Å²) < 4.78 is 5.09. The zero-order valence-corrected chi connectivity index (χ0v) is 12.1. The molecule has 18 heavy (non-hydrogen) atoms. The SMILES string of the molecule is COCCN(CCO)CC1CCCC(C)(C)C1O. The van der Waals surface area contributed by atoms with Gasteiger partial charge < -0.3 is 14.9 Å². The van der Waals surface area contributed by atoms with Crippen LogP contribution in [0.2, 0.25) is 0 Å². The van der Waals surface area contributed by atoms with Gasteiger partial charge in [-0.2, -0.15) is 0 Å². The summed E-state index contributed by atoms with van der Waals surface area (Å²) in [6, 6.07) is 0. The molecule has 0 radical (unpaired) electrons. The van der Waals surface area contributed by atoms with E-state index in [1.807, 2.05) is 0 Å².